The van der Waals surface area contributed by atoms with Crippen molar-refractivity contribution in [1.82, 2.24) is 0 Å². The molecule has 0 saturated heterocycles. The predicted molar refractivity (Wildman–Crippen MR) is 87.3 cm³/mol. The van der Waals surface area contributed by atoms with Crippen LogP contribution in [0.15, 0.2) is 41.3 Å². The summed E-state index contributed by atoms with van der Waals surface area (Å²) in [5, 5.41) is 9.07. The number of anilines is 1. The van der Waals surface area contributed by atoms with Gasteiger partial charge in [-0.3, -0.25) is 4.72 Å². The molecule has 0 fully saturated rings. The van der Waals surface area contributed by atoms with Gasteiger partial charge in [0, 0.05) is 19.8 Å². The van der Waals surface area contributed by atoms with Gasteiger partial charge in [-0.1, -0.05) is 11.6 Å². The largest absolute Gasteiger partial charge is 0.392 e. The van der Waals surface area contributed by atoms with E-state index in [4.69, 9.17) is 16.7 Å². The van der Waals surface area contributed by atoms with E-state index in [2.05, 4.69) is 27.3 Å². The molecule has 0 atom stereocenters. The van der Waals surface area contributed by atoms with Crippen molar-refractivity contribution in [1.29, 1.82) is 0 Å². The highest BCUT2D eigenvalue weighted by Crippen LogP contribution is 2.26. The van der Waals surface area contributed by atoms with Crippen molar-refractivity contribution in [3.63, 3.8) is 0 Å². The van der Waals surface area contributed by atoms with E-state index in [0.29, 0.717) is 5.69 Å². The van der Waals surface area contributed by atoms with Gasteiger partial charge in [0.15, 0.2) is 0 Å². The first-order valence-corrected chi connectivity index (χ1v) is 8.64. The van der Waals surface area contributed by atoms with Crippen LogP contribution in [-0.4, -0.2) is 13.5 Å². The first kappa shape index (κ1) is 16.5. The van der Waals surface area contributed by atoms with Gasteiger partial charge in [-0.15, -0.1) is 0 Å². The van der Waals surface area contributed by atoms with Crippen molar-refractivity contribution in [2.24, 2.45) is 0 Å². The van der Waals surface area contributed by atoms with Crippen LogP contribution in [0.2, 0.25) is 5.02 Å². The number of hydrogen-bond acceptors (Lipinski definition) is 3. The van der Waals surface area contributed by atoms with Gasteiger partial charge in [0.05, 0.1) is 6.61 Å². The molecule has 2 N–H and O–H groups in total. The summed E-state index contributed by atoms with van der Waals surface area (Å²) in [6.45, 7) is -0.640. The van der Waals surface area contributed by atoms with E-state index in [0.717, 1.165) is 9.64 Å². The van der Waals surface area contributed by atoms with Gasteiger partial charge in [0.2, 0.25) is 0 Å². The zero-order valence-electron chi connectivity index (χ0n) is 10.5. The molecule has 0 aliphatic heterocycles. The van der Waals surface area contributed by atoms with Crippen LogP contribution in [0.5, 0.6) is 0 Å². The molecular weight excluding hydrogens is 432 g/mol. The van der Waals surface area contributed by atoms with E-state index in [1.807, 2.05) is 0 Å². The first-order valence-electron chi connectivity index (χ1n) is 5.70. The van der Waals surface area contributed by atoms with Crippen molar-refractivity contribution < 1.29 is 17.9 Å². The summed E-state index contributed by atoms with van der Waals surface area (Å²) in [7, 11) is -4.13. The van der Waals surface area contributed by atoms with Gasteiger partial charge in [0.1, 0.15) is 10.7 Å². The van der Waals surface area contributed by atoms with E-state index in [1.54, 1.807) is 24.3 Å². The summed E-state index contributed by atoms with van der Waals surface area (Å²) in [5.74, 6) is -1.01. The van der Waals surface area contributed by atoms with Crippen molar-refractivity contribution in [3.8, 4) is 0 Å². The summed E-state index contributed by atoms with van der Waals surface area (Å²) in [4.78, 5) is -0.599. The number of nitrogens with one attached hydrogen (secondary N) is 1. The summed E-state index contributed by atoms with van der Waals surface area (Å²) in [6, 6.07) is 8.74. The highest BCUT2D eigenvalue weighted by molar-refractivity contribution is 14.1. The monoisotopic (exact) mass is 441 g/mol. The van der Waals surface area contributed by atoms with Crippen LogP contribution in [0.25, 0.3) is 0 Å². The van der Waals surface area contributed by atoms with Crippen LogP contribution < -0.4 is 4.72 Å². The Labute approximate surface area is 140 Å². The van der Waals surface area contributed by atoms with Crippen molar-refractivity contribution in [2.45, 2.75) is 11.5 Å². The van der Waals surface area contributed by atoms with Crippen LogP contribution in [0.1, 0.15) is 5.56 Å². The Morgan fingerprint density at radius 1 is 1.24 bits per heavy atom. The van der Waals surface area contributed by atoms with Crippen LogP contribution >= 0.6 is 34.2 Å². The Morgan fingerprint density at radius 3 is 2.43 bits per heavy atom. The number of hydrogen-bond donors (Lipinski definition) is 2. The highest BCUT2D eigenvalue weighted by Gasteiger charge is 2.22. The number of sulfonamides is 1. The van der Waals surface area contributed by atoms with Gasteiger partial charge in [-0.25, -0.2) is 12.8 Å². The molecule has 21 heavy (non-hydrogen) atoms. The average Bonchev–Trinajstić information content (AvgIpc) is 2.43. The molecule has 0 amide bonds. The predicted octanol–water partition coefficient (Wildman–Crippen LogP) is 3.38. The molecule has 0 bridgehead atoms. The second-order valence-electron chi connectivity index (χ2n) is 4.15. The Bertz CT molecular complexity index is 766. The van der Waals surface area contributed by atoms with Gasteiger partial charge in [-0.2, -0.15) is 0 Å². The maximum Gasteiger partial charge on any atom is 0.264 e. The molecule has 0 spiro atoms. The SMILES string of the molecule is O=S(=O)(Nc1ccc(I)cc1)c1cc(Cl)cc(CO)c1F. The number of benzene rings is 2. The normalized spacial score (nSPS) is 11.4. The lowest BCUT2D eigenvalue weighted by Crippen LogP contribution is -2.15. The minimum atomic E-state index is -4.13. The van der Waals surface area contributed by atoms with Gasteiger partial charge in [0.25, 0.3) is 10.0 Å². The molecule has 0 aliphatic carbocycles. The third-order valence-electron chi connectivity index (χ3n) is 2.64. The van der Waals surface area contributed by atoms with E-state index in [-0.39, 0.29) is 10.6 Å². The summed E-state index contributed by atoms with van der Waals surface area (Å²) >= 11 is 7.84. The fraction of sp³-hybridized carbons (Fsp3) is 0.0769. The van der Waals surface area contributed by atoms with E-state index in [9.17, 15) is 12.8 Å². The molecule has 8 heteroatoms. The lowest BCUT2D eigenvalue weighted by Gasteiger charge is -2.11. The maximum atomic E-state index is 14.1. The molecule has 0 aromatic heterocycles. The smallest absolute Gasteiger partial charge is 0.264 e. The average molecular weight is 442 g/mol. The van der Waals surface area contributed by atoms with Crippen molar-refractivity contribution >= 4 is 49.9 Å². The highest BCUT2D eigenvalue weighted by atomic mass is 127. The molecule has 2 aromatic carbocycles. The lowest BCUT2D eigenvalue weighted by molar-refractivity contribution is 0.274. The topological polar surface area (TPSA) is 66.4 Å². The zero-order chi connectivity index (χ0) is 15.6. The molecular formula is C13H10ClFINO3S. The van der Waals surface area contributed by atoms with E-state index < -0.39 is 27.3 Å². The Kier molecular flexibility index (Phi) is 5.07. The summed E-state index contributed by atoms with van der Waals surface area (Å²) in [6.07, 6.45) is 0. The van der Waals surface area contributed by atoms with Gasteiger partial charge < -0.3 is 5.11 Å². The molecule has 0 aliphatic rings. The molecule has 0 radical (unpaired) electrons. The number of aliphatic hydroxyl groups is 1. The minimum absolute atomic E-state index is 0.0310. The van der Waals surface area contributed by atoms with Crippen LogP contribution in [-0.2, 0) is 16.6 Å². The Morgan fingerprint density at radius 2 is 1.86 bits per heavy atom. The fourth-order valence-electron chi connectivity index (χ4n) is 1.66. The number of rotatable bonds is 4. The molecule has 0 heterocycles. The number of halogens is 3. The van der Waals surface area contributed by atoms with Crippen LogP contribution in [0.3, 0.4) is 0 Å². The summed E-state index contributed by atoms with van der Waals surface area (Å²) < 4.78 is 41.8. The number of aliphatic hydroxyl groups excluding tert-OH is 1. The molecule has 4 nitrogen and oxygen atoms in total. The van der Waals surface area contributed by atoms with Crippen LogP contribution in [0.4, 0.5) is 10.1 Å². The fourth-order valence-corrected chi connectivity index (χ4v) is 3.53. The molecule has 0 saturated carbocycles. The Balaban J connectivity index is 2.44. The van der Waals surface area contributed by atoms with Crippen LogP contribution in [0, 0.1) is 9.39 Å². The third kappa shape index (κ3) is 3.85. The van der Waals surface area contributed by atoms with Gasteiger partial charge >= 0.3 is 0 Å². The van der Waals surface area contributed by atoms with Gasteiger partial charge in [-0.05, 0) is 59.0 Å². The van der Waals surface area contributed by atoms with Crippen molar-refractivity contribution in [2.75, 3.05) is 4.72 Å². The lowest BCUT2D eigenvalue weighted by atomic mass is 10.2. The standard InChI is InChI=1S/C13H10ClFINO3S/c14-9-5-8(7-18)13(15)12(6-9)21(19,20)17-11-3-1-10(16)2-4-11/h1-6,17-18H,7H2. The Hall–Kier alpha value is -0.900. The maximum absolute atomic E-state index is 14.1. The first-order chi connectivity index (χ1) is 9.83. The second kappa shape index (κ2) is 6.47. The van der Waals surface area contributed by atoms with E-state index >= 15 is 0 Å². The molecule has 2 rings (SSSR count). The second-order valence-corrected chi connectivity index (χ2v) is 7.48. The quantitative estimate of drug-likeness (QED) is 0.715. The molecule has 112 valence electrons. The molecule has 0 unspecified atom stereocenters. The van der Waals surface area contributed by atoms with E-state index in [1.165, 1.54) is 6.07 Å². The van der Waals surface area contributed by atoms with Crippen molar-refractivity contribution in [3.05, 3.63) is 56.4 Å². The summed E-state index contributed by atoms with van der Waals surface area (Å²) in [5.41, 5.74) is 0.130. The minimum Gasteiger partial charge on any atom is -0.392 e. The third-order valence-corrected chi connectivity index (χ3v) is 4.95. The molecule has 2 aromatic rings. The zero-order valence-corrected chi connectivity index (χ0v) is 14.2.